The Bertz CT molecular complexity index is 894. The van der Waals surface area contributed by atoms with Crippen LogP contribution in [0.4, 0.5) is 5.69 Å². The zero-order chi connectivity index (χ0) is 16.6. The molecular weight excluding hydrogens is 288 g/mol. The van der Waals surface area contributed by atoms with Crippen molar-refractivity contribution in [3.63, 3.8) is 0 Å². The van der Waals surface area contributed by atoms with Crippen molar-refractivity contribution in [3.8, 4) is 5.75 Å². The summed E-state index contributed by atoms with van der Waals surface area (Å²) in [6.07, 6.45) is 0. The molecule has 0 unspecified atom stereocenters. The van der Waals surface area contributed by atoms with Crippen molar-refractivity contribution in [1.82, 2.24) is 4.98 Å². The van der Waals surface area contributed by atoms with Gasteiger partial charge in [-0.1, -0.05) is 12.1 Å². The number of rotatable bonds is 3. The van der Waals surface area contributed by atoms with Crippen LogP contribution in [0.5, 0.6) is 5.75 Å². The SMILES string of the molecule is COc1ccc2c(C)c(C(=O)Nc3cc(C)ccc3C)[nH]c2c1. The number of aromatic nitrogens is 1. The number of hydrogen-bond acceptors (Lipinski definition) is 2. The number of nitrogens with one attached hydrogen (secondary N) is 2. The van der Waals surface area contributed by atoms with Crippen LogP contribution >= 0.6 is 0 Å². The average Bonchev–Trinajstić information content (AvgIpc) is 2.87. The highest BCUT2D eigenvalue weighted by atomic mass is 16.5. The number of carbonyl (C=O) groups excluding carboxylic acids is 1. The van der Waals surface area contributed by atoms with Gasteiger partial charge in [0.1, 0.15) is 11.4 Å². The maximum Gasteiger partial charge on any atom is 0.272 e. The topological polar surface area (TPSA) is 54.1 Å². The van der Waals surface area contributed by atoms with Gasteiger partial charge in [-0.2, -0.15) is 0 Å². The quantitative estimate of drug-likeness (QED) is 0.755. The largest absolute Gasteiger partial charge is 0.497 e. The summed E-state index contributed by atoms with van der Waals surface area (Å²) in [6, 6.07) is 11.8. The molecule has 0 radical (unpaired) electrons. The van der Waals surface area contributed by atoms with Crippen molar-refractivity contribution in [1.29, 1.82) is 0 Å². The highest BCUT2D eigenvalue weighted by Crippen LogP contribution is 2.26. The Kier molecular flexibility index (Phi) is 3.82. The van der Waals surface area contributed by atoms with E-state index in [4.69, 9.17) is 4.74 Å². The molecule has 0 aliphatic carbocycles. The predicted molar refractivity (Wildman–Crippen MR) is 93.5 cm³/mol. The molecule has 4 heteroatoms. The lowest BCUT2D eigenvalue weighted by atomic mass is 10.1. The van der Waals surface area contributed by atoms with Crippen molar-refractivity contribution in [2.24, 2.45) is 0 Å². The number of hydrogen-bond donors (Lipinski definition) is 2. The molecule has 1 heterocycles. The molecule has 118 valence electrons. The molecule has 0 spiro atoms. The van der Waals surface area contributed by atoms with Crippen LogP contribution in [0.25, 0.3) is 10.9 Å². The number of H-pyrrole nitrogens is 1. The monoisotopic (exact) mass is 308 g/mol. The average molecular weight is 308 g/mol. The minimum absolute atomic E-state index is 0.133. The molecule has 0 aliphatic rings. The Morgan fingerprint density at radius 3 is 2.61 bits per heavy atom. The summed E-state index contributed by atoms with van der Waals surface area (Å²) < 4.78 is 5.24. The molecule has 3 rings (SSSR count). The summed E-state index contributed by atoms with van der Waals surface area (Å²) in [5.74, 6) is 0.631. The number of methoxy groups -OCH3 is 1. The van der Waals surface area contributed by atoms with Gasteiger partial charge < -0.3 is 15.0 Å². The fourth-order valence-corrected chi connectivity index (χ4v) is 2.73. The van der Waals surface area contributed by atoms with Gasteiger partial charge >= 0.3 is 0 Å². The van der Waals surface area contributed by atoms with E-state index in [9.17, 15) is 4.79 Å². The van der Waals surface area contributed by atoms with Gasteiger partial charge in [0.2, 0.25) is 0 Å². The zero-order valence-electron chi connectivity index (χ0n) is 13.8. The van der Waals surface area contributed by atoms with Crippen molar-refractivity contribution in [2.45, 2.75) is 20.8 Å². The molecule has 0 bridgehead atoms. The molecule has 0 saturated carbocycles. The summed E-state index contributed by atoms with van der Waals surface area (Å²) >= 11 is 0. The van der Waals surface area contributed by atoms with Crippen LogP contribution < -0.4 is 10.1 Å². The first kappa shape index (κ1) is 15.2. The first-order valence-electron chi connectivity index (χ1n) is 7.54. The van der Waals surface area contributed by atoms with E-state index in [2.05, 4.69) is 10.3 Å². The van der Waals surface area contributed by atoms with Gasteiger partial charge in [-0.25, -0.2) is 0 Å². The summed E-state index contributed by atoms with van der Waals surface area (Å²) in [7, 11) is 1.63. The number of fused-ring (bicyclic) bond motifs is 1. The summed E-state index contributed by atoms with van der Waals surface area (Å²) in [5, 5.41) is 4.02. The van der Waals surface area contributed by atoms with E-state index in [1.54, 1.807) is 7.11 Å². The molecule has 2 N–H and O–H groups in total. The molecule has 0 atom stereocenters. The second-order valence-corrected chi connectivity index (χ2v) is 5.81. The molecule has 23 heavy (non-hydrogen) atoms. The first-order valence-corrected chi connectivity index (χ1v) is 7.54. The maximum atomic E-state index is 12.6. The lowest BCUT2D eigenvalue weighted by Gasteiger charge is -2.09. The Morgan fingerprint density at radius 2 is 1.87 bits per heavy atom. The van der Waals surface area contributed by atoms with E-state index in [1.165, 1.54) is 0 Å². The van der Waals surface area contributed by atoms with Gasteiger partial charge in [-0.3, -0.25) is 4.79 Å². The van der Waals surface area contributed by atoms with Gasteiger partial charge in [0.05, 0.1) is 7.11 Å². The van der Waals surface area contributed by atoms with Crippen molar-refractivity contribution < 1.29 is 9.53 Å². The van der Waals surface area contributed by atoms with E-state index in [0.29, 0.717) is 5.69 Å². The summed E-state index contributed by atoms with van der Waals surface area (Å²) in [4.78, 5) is 15.8. The highest BCUT2D eigenvalue weighted by molar-refractivity contribution is 6.08. The number of ether oxygens (including phenoxy) is 1. The first-order chi connectivity index (χ1) is 11.0. The fourth-order valence-electron chi connectivity index (χ4n) is 2.73. The van der Waals surface area contributed by atoms with Crippen LogP contribution in [0.15, 0.2) is 36.4 Å². The van der Waals surface area contributed by atoms with Gasteiger partial charge in [0.15, 0.2) is 0 Å². The lowest BCUT2D eigenvalue weighted by molar-refractivity contribution is 0.102. The smallest absolute Gasteiger partial charge is 0.272 e. The van der Waals surface area contributed by atoms with Crippen LogP contribution in [-0.2, 0) is 0 Å². The molecule has 2 aromatic carbocycles. The molecule has 1 amide bonds. The van der Waals surface area contributed by atoms with Gasteiger partial charge in [-0.15, -0.1) is 0 Å². The van der Waals surface area contributed by atoms with Gasteiger partial charge in [0, 0.05) is 22.7 Å². The van der Waals surface area contributed by atoms with E-state index >= 15 is 0 Å². The third kappa shape index (κ3) is 2.80. The Morgan fingerprint density at radius 1 is 1.09 bits per heavy atom. The number of benzene rings is 2. The molecule has 3 aromatic rings. The van der Waals surface area contributed by atoms with Crippen molar-refractivity contribution >= 4 is 22.5 Å². The third-order valence-electron chi connectivity index (χ3n) is 4.13. The molecule has 1 aromatic heterocycles. The Hall–Kier alpha value is -2.75. The summed E-state index contributed by atoms with van der Waals surface area (Å²) in [6.45, 7) is 5.94. The lowest BCUT2D eigenvalue weighted by Crippen LogP contribution is -2.14. The van der Waals surface area contributed by atoms with Crippen LogP contribution in [0.3, 0.4) is 0 Å². The van der Waals surface area contributed by atoms with Gasteiger partial charge in [0.25, 0.3) is 5.91 Å². The molecule has 0 fully saturated rings. The highest BCUT2D eigenvalue weighted by Gasteiger charge is 2.16. The van der Waals surface area contributed by atoms with E-state index < -0.39 is 0 Å². The second kappa shape index (κ2) is 5.80. The predicted octanol–water partition coefficient (Wildman–Crippen LogP) is 4.35. The normalized spacial score (nSPS) is 10.8. The molecule has 0 aliphatic heterocycles. The standard InChI is InChI=1S/C19H20N2O2/c1-11-5-6-12(2)16(9-11)21-19(22)18-13(3)15-8-7-14(23-4)10-17(15)20-18/h5-10,20H,1-4H3,(H,21,22). The van der Waals surface area contributed by atoms with Crippen LogP contribution in [-0.4, -0.2) is 18.0 Å². The molecule has 0 saturated heterocycles. The number of aryl methyl sites for hydroxylation is 3. The number of carbonyl (C=O) groups is 1. The molecule has 4 nitrogen and oxygen atoms in total. The molecular formula is C19H20N2O2. The number of aromatic amines is 1. The number of anilines is 1. The van der Waals surface area contributed by atoms with Gasteiger partial charge in [-0.05, 0) is 55.7 Å². The second-order valence-electron chi connectivity index (χ2n) is 5.81. The minimum atomic E-state index is -0.133. The van der Waals surface area contributed by atoms with Crippen molar-refractivity contribution in [2.75, 3.05) is 12.4 Å². The van der Waals surface area contributed by atoms with Crippen LogP contribution in [0, 0.1) is 20.8 Å². The maximum absolute atomic E-state index is 12.6. The van der Waals surface area contributed by atoms with Crippen molar-refractivity contribution in [3.05, 3.63) is 58.8 Å². The van der Waals surface area contributed by atoms with Crippen LogP contribution in [0.1, 0.15) is 27.2 Å². The fraction of sp³-hybridized carbons (Fsp3) is 0.211. The van der Waals surface area contributed by atoms with E-state index in [-0.39, 0.29) is 5.91 Å². The Balaban J connectivity index is 1.97. The Labute approximate surface area is 135 Å². The van der Waals surface area contributed by atoms with E-state index in [1.807, 2.05) is 57.2 Å². The summed E-state index contributed by atoms with van der Waals surface area (Å²) in [5.41, 5.74) is 5.40. The third-order valence-corrected chi connectivity index (χ3v) is 4.13. The van der Waals surface area contributed by atoms with E-state index in [0.717, 1.165) is 39.0 Å². The minimum Gasteiger partial charge on any atom is -0.497 e. The zero-order valence-corrected chi connectivity index (χ0v) is 13.8. The van der Waals surface area contributed by atoms with Crippen LogP contribution in [0.2, 0.25) is 0 Å². The number of amides is 1.